The lowest BCUT2D eigenvalue weighted by Gasteiger charge is -2.05. The standard InChI is InChI=1S/C12H19FN2/c1-2-14-9-10-15-8-7-11-3-5-12(13)6-4-11/h3-6,14-15H,2,7-10H2,1H3. The van der Waals surface area contributed by atoms with Crippen molar-refractivity contribution in [3.8, 4) is 0 Å². The van der Waals surface area contributed by atoms with Gasteiger partial charge in [0.05, 0.1) is 0 Å². The van der Waals surface area contributed by atoms with Crippen LogP contribution < -0.4 is 10.6 Å². The molecule has 0 atom stereocenters. The van der Waals surface area contributed by atoms with Crippen LogP contribution in [0.1, 0.15) is 12.5 Å². The predicted octanol–water partition coefficient (Wildman–Crippen LogP) is 1.57. The number of halogens is 1. The highest BCUT2D eigenvalue weighted by molar-refractivity contribution is 5.16. The van der Waals surface area contributed by atoms with Gasteiger partial charge in [-0.3, -0.25) is 0 Å². The van der Waals surface area contributed by atoms with Gasteiger partial charge in [0, 0.05) is 13.1 Å². The normalized spacial score (nSPS) is 10.5. The van der Waals surface area contributed by atoms with E-state index in [0.29, 0.717) is 0 Å². The van der Waals surface area contributed by atoms with Crippen LogP contribution in [-0.4, -0.2) is 26.2 Å². The van der Waals surface area contributed by atoms with E-state index < -0.39 is 0 Å². The Morgan fingerprint density at radius 2 is 1.67 bits per heavy atom. The minimum absolute atomic E-state index is 0.168. The van der Waals surface area contributed by atoms with Crippen LogP contribution >= 0.6 is 0 Å². The lowest BCUT2D eigenvalue weighted by Crippen LogP contribution is -2.28. The molecule has 0 saturated heterocycles. The summed E-state index contributed by atoms with van der Waals surface area (Å²) in [6, 6.07) is 6.69. The van der Waals surface area contributed by atoms with Gasteiger partial charge in [-0.2, -0.15) is 0 Å². The van der Waals surface area contributed by atoms with E-state index in [1.165, 1.54) is 17.7 Å². The van der Waals surface area contributed by atoms with Crippen LogP contribution in [0.2, 0.25) is 0 Å². The number of hydrogen-bond donors (Lipinski definition) is 2. The maximum atomic E-state index is 12.6. The Morgan fingerprint density at radius 3 is 2.33 bits per heavy atom. The summed E-state index contributed by atoms with van der Waals surface area (Å²) >= 11 is 0. The minimum Gasteiger partial charge on any atom is -0.316 e. The Hall–Kier alpha value is -0.930. The van der Waals surface area contributed by atoms with Crippen molar-refractivity contribution in [2.45, 2.75) is 13.3 Å². The van der Waals surface area contributed by atoms with Crippen LogP contribution in [0.25, 0.3) is 0 Å². The van der Waals surface area contributed by atoms with Gasteiger partial charge in [-0.25, -0.2) is 4.39 Å². The molecule has 84 valence electrons. The molecule has 0 bridgehead atoms. The zero-order valence-electron chi connectivity index (χ0n) is 9.22. The molecule has 0 unspecified atom stereocenters. The van der Waals surface area contributed by atoms with Gasteiger partial charge in [0.25, 0.3) is 0 Å². The van der Waals surface area contributed by atoms with E-state index in [1.54, 1.807) is 0 Å². The molecule has 0 heterocycles. The summed E-state index contributed by atoms with van der Waals surface area (Å²) in [7, 11) is 0. The quantitative estimate of drug-likeness (QED) is 0.667. The number of hydrogen-bond acceptors (Lipinski definition) is 2. The Bertz CT molecular complexity index is 259. The van der Waals surface area contributed by atoms with Crippen LogP contribution in [0.4, 0.5) is 4.39 Å². The van der Waals surface area contributed by atoms with Crippen LogP contribution in [0.5, 0.6) is 0 Å². The summed E-state index contributed by atoms with van der Waals surface area (Å²) < 4.78 is 12.6. The fourth-order valence-corrected chi connectivity index (χ4v) is 1.36. The summed E-state index contributed by atoms with van der Waals surface area (Å²) in [6.45, 7) is 6.03. The van der Waals surface area contributed by atoms with E-state index >= 15 is 0 Å². The summed E-state index contributed by atoms with van der Waals surface area (Å²) in [5.74, 6) is -0.168. The fraction of sp³-hybridized carbons (Fsp3) is 0.500. The monoisotopic (exact) mass is 210 g/mol. The molecule has 0 aliphatic heterocycles. The van der Waals surface area contributed by atoms with Gasteiger partial charge in [0.1, 0.15) is 5.82 Å². The van der Waals surface area contributed by atoms with Gasteiger partial charge in [-0.15, -0.1) is 0 Å². The van der Waals surface area contributed by atoms with Gasteiger partial charge < -0.3 is 10.6 Å². The van der Waals surface area contributed by atoms with Gasteiger partial charge in [-0.1, -0.05) is 19.1 Å². The summed E-state index contributed by atoms with van der Waals surface area (Å²) in [4.78, 5) is 0. The Kier molecular flexibility index (Phi) is 5.97. The highest BCUT2D eigenvalue weighted by Crippen LogP contribution is 2.02. The Morgan fingerprint density at radius 1 is 1.00 bits per heavy atom. The number of benzene rings is 1. The molecule has 0 aliphatic rings. The predicted molar refractivity (Wildman–Crippen MR) is 61.5 cm³/mol. The maximum absolute atomic E-state index is 12.6. The second-order valence-corrected chi connectivity index (χ2v) is 3.48. The first kappa shape index (κ1) is 12.1. The molecule has 0 amide bonds. The van der Waals surface area contributed by atoms with Crippen LogP contribution in [0.3, 0.4) is 0 Å². The van der Waals surface area contributed by atoms with E-state index in [4.69, 9.17) is 0 Å². The van der Waals surface area contributed by atoms with Crippen molar-refractivity contribution in [3.63, 3.8) is 0 Å². The van der Waals surface area contributed by atoms with Crippen molar-refractivity contribution >= 4 is 0 Å². The second kappa shape index (κ2) is 7.37. The van der Waals surface area contributed by atoms with Gasteiger partial charge in [0.2, 0.25) is 0 Å². The van der Waals surface area contributed by atoms with Crippen molar-refractivity contribution in [3.05, 3.63) is 35.6 Å². The molecule has 1 rings (SSSR count). The third-order valence-corrected chi connectivity index (χ3v) is 2.23. The van der Waals surface area contributed by atoms with E-state index in [2.05, 4.69) is 17.6 Å². The highest BCUT2D eigenvalue weighted by Gasteiger charge is 1.93. The summed E-state index contributed by atoms with van der Waals surface area (Å²) in [6.07, 6.45) is 0.951. The molecule has 0 aliphatic carbocycles. The lowest BCUT2D eigenvalue weighted by atomic mass is 10.1. The van der Waals surface area contributed by atoms with Gasteiger partial charge >= 0.3 is 0 Å². The average molecular weight is 210 g/mol. The molecule has 2 nitrogen and oxygen atoms in total. The van der Waals surface area contributed by atoms with Crippen molar-refractivity contribution < 1.29 is 4.39 Å². The third-order valence-electron chi connectivity index (χ3n) is 2.23. The molecule has 0 aromatic heterocycles. The molecule has 0 radical (unpaired) electrons. The minimum atomic E-state index is -0.168. The number of rotatable bonds is 7. The molecule has 1 aromatic carbocycles. The first-order valence-electron chi connectivity index (χ1n) is 5.49. The first-order valence-corrected chi connectivity index (χ1v) is 5.49. The van der Waals surface area contributed by atoms with Crippen LogP contribution in [0, 0.1) is 5.82 Å². The lowest BCUT2D eigenvalue weighted by molar-refractivity contribution is 0.619. The molecule has 1 aromatic rings. The van der Waals surface area contributed by atoms with Crippen molar-refractivity contribution in [2.75, 3.05) is 26.2 Å². The smallest absolute Gasteiger partial charge is 0.123 e. The van der Waals surface area contributed by atoms with Crippen molar-refractivity contribution in [1.82, 2.24) is 10.6 Å². The fourth-order valence-electron chi connectivity index (χ4n) is 1.36. The summed E-state index contributed by atoms with van der Waals surface area (Å²) in [5.41, 5.74) is 1.17. The molecule has 2 N–H and O–H groups in total. The average Bonchev–Trinajstić information content (AvgIpc) is 2.26. The third kappa shape index (κ3) is 5.50. The molecule has 3 heteroatoms. The molecular weight excluding hydrogens is 191 g/mol. The molecule has 0 saturated carbocycles. The second-order valence-electron chi connectivity index (χ2n) is 3.48. The van der Waals surface area contributed by atoms with Crippen LogP contribution in [0.15, 0.2) is 24.3 Å². The summed E-state index contributed by atoms with van der Waals surface area (Å²) in [5, 5.41) is 6.57. The van der Waals surface area contributed by atoms with E-state index in [9.17, 15) is 4.39 Å². The zero-order valence-corrected chi connectivity index (χ0v) is 9.22. The van der Waals surface area contributed by atoms with Gasteiger partial charge in [0.15, 0.2) is 0 Å². The first-order chi connectivity index (χ1) is 7.33. The largest absolute Gasteiger partial charge is 0.316 e. The number of nitrogens with one attached hydrogen (secondary N) is 2. The van der Waals surface area contributed by atoms with Gasteiger partial charge in [-0.05, 0) is 37.2 Å². The molecule has 15 heavy (non-hydrogen) atoms. The van der Waals surface area contributed by atoms with Crippen molar-refractivity contribution in [2.24, 2.45) is 0 Å². The number of likely N-dealkylation sites (N-methyl/N-ethyl adjacent to an activating group) is 1. The molecular formula is C12H19FN2. The zero-order chi connectivity index (χ0) is 10.9. The van der Waals surface area contributed by atoms with E-state index in [-0.39, 0.29) is 5.82 Å². The highest BCUT2D eigenvalue weighted by atomic mass is 19.1. The van der Waals surface area contributed by atoms with Crippen LogP contribution in [-0.2, 0) is 6.42 Å². The topological polar surface area (TPSA) is 24.1 Å². The van der Waals surface area contributed by atoms with E-state index in [0.717, 1.165) is 32.6 Å². The van der Waals surface area contributed by atoms with Crippen molar-refractivity contribution in [1.29, 1.82) is 0 Å². The maximum Gasteiger partial charge on any atom is 0.123 e. The Balaban J connectivity index is 2.07. The van der Waals surface area contributed by atoms with E-state index in [1.807, 2.05) is 12.1 Å². The SMILES string of the molecule is CCNCCNCCc1ccc(F)cc1. The Labute approximate surface area is 90.9 Å². The molecule has 0 spiro atoms. The molecule has 0 fully saturated rings.